The van der Waals surface area contributed by atoms with Crippen LogP contribution in [0.25, 0.3) is 0 Å². The molecule has 1 heteroatoms. The first-order chi connectivity index (χ1) is 6.36. The minimum Gasteiger partial charge on any atom is -0.123 e. The van der Waals surface area contributed by atoms with E-state index in [1.54, 1.807) is 0 Å². The predicted octanol–water partition coefficient (Wildman–Crippen LogP) is 4.36. The molecule has 76 valence electrons. The van der Waals surface area contributed by atoms with Gasteiger partial charge < -0.3 is 0 Å². The molecule has 2 aliphatic rings. The van der Waals surface area contributed by atoms with Gasteiger partial charge in [-0.25, -0.2) is 0 Å². The largest absolute Gasteiger partial charge is 0.123 e. The molecule has 2 saturated carbocycles. The first kappa shape index (κ1) is 9.83. The lowest BCUT2D eigenvalue weighted by Crippen LogP contribution is -2.10. The second-order valence-electron chi connectivity index (χ2n) is 4.93. The summed E-state index contributed by atoms with van der Waals surface area (Å²) in [6.45, 7) is 0. The molecule has 0 aromatic carbocycles. The van der Waals surface area contributed by atoms with Crippen LogP contribution < -0.4 is 0 Å². The number of alkyl halides is 1. The fourth-order valence-corrected chi connectivity index (χ4v) is 2.94. The van der Waals surface area contributed by atoms with E-state index in [0.717, 1.165) is 11.8 Å². The lowest BCUT2D eigenvalue weighted by atomic mass is 9.85. The smallest absolute Gasteiger partial charge is 0.0364 e. The molecule has 0 amide bonds. The van der Waals surface area contributed by atoms with E-state index >= 15 is 0 Å². The van der Waals surface area contributed by atoms with E-state index < -0.39 is 0 Å². The zero-order valence-corrected chi connectivity index (χ0v) is 9.23. The monoisotopic (exact) mass is 200 g/mol. The van der Waals surface area contributed by atoms with E-state index in [9.17, 15) is 0 Å². The van der Waals surface area contributed by atoms with Gasteiger partial charge in [-0.3, -0.25) is 0 Å². The Morgan fingerprint density at radius 1 is 1.00 bits per heavy atom. The molecule has 2 aliphatic carbocycles. The van der Waals surface area contributed by atoms with Crippen LogP contribution in [0.15, 0.2) is 0 Å². The normalized spacial score (nSPS) is 27.5. The van der Waals surface area contributed by atoms with Gasteiger partial charge in [-0.15, -0.1) is 11.6 Å². The molecule has 0 spiro atoms. The van der Waals surface area contributed by atoms with Crippen LogP contribution in [-0.2, 0) is 0 Å². The van der Waals surface area contributed by atoms with E-state index in [1.807, 2.05) is 0 Å². The summed E-state index contributed by atoms with van der Waals surface area (Å²) in [5.41, 5.74) is 0. The molecular formula is C12H21Cl. The summed E-state index contributed by atoms with van der Waals surface area (Å²) in [4.78, 5) is 0. The number of hydrogen-bond acceptors (Lipinski definition) is 0. The Hall–Kier alpha value is 0.290. The average molecular weight is 201 g/mol. The standard InChI is InChI=1S/C12H21Cl/c13-12(11-7-8-11)9-6-10-4-2-1-3-5-10/h10-12H,1-9H2. The topological polar surface area (TPSA) is 0 Å². The highest BCUT2D eigenvalue weighted by atomic mass is 35.5. The maximum atomic E-state index is 6.30. The SMILES string of the molecule is ClC(CCC1CCCCC1)C1CC1. The van der Waals surface area contributed by atoms with E-state index in [-0.39, 0.29) is 0 Å². The van der Waals surface area contributed by atoms with Crippen LogP contribution in [0, 0.1) is 11.8 Å². The minimum absolute atomic E-state index is 0.516. The maximum Gasteiger partial charge on any atom is 0.0364 e. The molecule has 0 aromatic rings. The van der Waals surface area contributed by atoms with Crippen LogP contribution in [0.1, 0.15) is 57.8 Å². The highest BCUT2D eigenvalue weighted by molar-refractivity contribution is 6.20. The molecular weight excluding hydrogens is 180 g/mol. The van der Waals surface area contributed by atoms with Gasteiger partial charge in [0.1, 0.15) is 0 Å². The van der Waals surface area contributed by atoms with Gasteiger partial charge in [0.15, 0.2) is 0 Å². The zero-order chi connectivity index (χ0) is 9.10. The van der Waals surface area contributed by atoms with Crippen LogP contribution in [0.3, 0.4) is 0 Å². The Kier molecular flexibility index (Phi) is 3.54. The second kappa shape index (κ2) is 4.68. The number of hydrogen-bond donors (Lipinski definition) is 0. The molecule has 0 aromatic heterocycles. The number of rotatable bonds is 4. The zero-order valence-electron chi connectivity index (χ0n) is 8.47. The van der Waals surface area contributed by atoms with Crippen molar-refractivity contribution in [2.75, 3.05) is 0 Å². The summed E-state index contributed by atoms with van der Waals surface area (Å²) in [6, 6.07) is 0. The van der Waals surface area contributed by atoms with Crippen molar-refractivity contribution < 1.29 is 0 Å². The Bertz CT molecular complexity index is 145. The predicted molar refractivity (Wildman–Crippen MR) is 58.2 cm³/mol. The Balaban J connectivity index is 1.60. The van der Waals surface area contributed by atoms with Gasteiger partial charge in [0.25, 0.3) is 0 Å². The minimum atomic E-state index is 0.516. The molecule has 0 N–H and O–H groups in total. The van der Waals surface area contributed by atoms with Crippen molar-refractivity contribution >= 4 is 11.6 Å². The summed E-state index contributed by atoms with van der Waals surface area (Å²) in [5.74, 6) is 1.92. The molecule has 0 bridgehead atoms. The summed E-state index contributed by atoms with van der Waals surface area (Å²) in [6.07, 6.45) is 12.9. The lowest BCUT2D eigenvalue weighted by molar-refractivity contribution is 0.328. The first-order valence-corrected chi connectivity index (χ1v) is 6.44. The third kappa shape index (κ3) is 3.16. The maximum absolute atomic E-state index is 6.30. The Labute approximate surface area is 87.0 Å². The second-order valence-corrected chi connectivity index (χ2v) is 5.50. The van der Waals surface area contributed by atoms with Crippen LogP contribution in [-0.4, -0.2) is 5.38 Å². The number of halogens is 1. The van der Waals surface area contributed by atoms with Gasteiger partial charge in [-0.1, -0.05) is 32.1 Å². The fraction of sp³-hybridized carbons (Fsp3) is 1.00. The molecule has 2 rings (SSSR count). The molecule has 0 saturated heterocycles. The summed E-state index contributed by atoms with van der Waals surface area (Å²) < 4.78 is 0. The molecule has 1 atom stereocenters. The molecule has 0 aliphatic heterocycles. The Morgan fingerprint density at radius 3 is 2.31 bits per heavy atom. The van der Waals surface area contributed by atoms with Crippen molar-refractivity contribution in [3.05, 3.63) is 0 Å². The quantitative estimate of drug-likeness (QED) is 0.592. The van der Waals surface area contributed by atoms with E-state index in [4.69, 9.17) is 11.6 Å². The van der Waals surface area contributed by atoms with E-state index in [0.29, 0.717) is 5.38 Å². The van der Waals surface area contributed by atoms with Crippen molar-refractivity contribution in [1.29, 1.82) is 0 Å². The van der Waals surface area contributed by atoms with Gasteiger partial charge in [0.05, 0.1) is 0 Å². The van der Waals surface area contributed by atoms with Gasteiger partial charge in [-0.2, -0.15) is 0 Å². The lowest BCUT2D eigenvalue weighted by Gasteiger charge is -2.22. The van der Waals surface area contributed by atoms with Gasteiger partial charge in [0, 0.05) is 5.38 Å². The average Bonchev–Trinajstić information content (AvgIpc) is 2.99. The Morgan fingerprint density at radius 2 is 1.69 bits per heavy atom. The van der Waals surface area contributed by atoms with Crippen LogP contribution in [0.2, 0.25) is 0 Å². The molecule has 0 heterocycles. The summed E-state index contributed by atoms with van der Waals surface area (Å²) >= 11 is 6.30. The van der Waals surface area contributed by atoms with Crippen LogP contribution in [0.5, 0.6) is 0 Å². The van der Waals surface area contributed by atoms with E-state index in [1.165, 1.54) is 57.8 Å². The third-order valence-corrected chi connectivity index (χ3v) is 4.28. The van der Waals surface area contributed by atoms with Crippen LogP contribution in [0.4, 0.5) is 0 Å². The highest BCUT2D eigenvalue weighted by Crippen LogP contribution is 2.39. The van der Waals surface area contributed by atoms with Crippen molar-refractivity contribution in [2.24, 2.45) is 11.8 Å². The van der Waals surface area contributed by atoms with Crippen molar-refractivity contribution in [3.63, 3.8) is 0 Å². The molecule has 13 heavy (non-hydrogen) atoms. The summed E-state index contributed by atoms with van der Waals surface area (Å²) in [5, 5.41) is 0.516. The third-order valence-electron chi connectivity index (χ3n) is 3.71. The van der Waals surface area contributed by atoms with E-state index in [2.05, 4.69) is 0 Å². The molecule has 2 fully saturated rings. The fourth-order valence-electron chi connectivity index (χ4n) is 2.56. The van der Waals surface area contributed by atoms with Gasteiger partial charge in [0.2, 0.25) is 0 Å². The first-order valence-electron chi connectivity index (χ1n) is 6.00. The van der Waals surface area contributed by atoms with Crippen molar-refractivity contribution in [1.82, 2.24) is 0 Å². The van der Waals surface area contributed by atoms with Gasteiger partial charge in [-0.05, 0) is 37.5 Å². The van der Waals surface area contributed by atoms with Crippen molar-refractivity contribution in [2.45, 2.75) is 63.2 Å². The summed E-state index contributed by atoms with van der Waals surface area (Å²) in [7, 11) is 0. The highest BCUT2D eigenvalue weighted by Gasteiger charge is 2.29. The molecule has 0 nitrogen and oxygen atoms in total. The van der Waals surface area contributed by atoms with Crippen LogP contribution >= 0.6 is 11.6 Å². The molecule has 0 radical (unpaired) electrons. The van der Waals surface area contributed by atoms with Crippen molar-refractivity contribution in [3.8, 4) is 0 Å². The molecule has 1 unspecified atom stereocenters. The van der Waals surface area contributed by atoms with Gasteiger partial charge >= 0.3 is 0 Å².